The number of anilines is 1. The van der Waals surface area contributed by atoms with Gasteiger partial charge in [0.05, 0.1) is 0 Å². The van der Waals surface area contributed by atoms with Crippen molar-refractivity contribution in [2.45, 2.75) is 38.2 Å². The molecule has 1 aliphatic rings. The molecular weight excluding hydrogens is 284 g/mol. The number of rotatable bonds is 3. The lowest BCUT2D eigenvalue weighted by molar-refractivity contribution is -0.133. The average molecular weight is 302 g/mol. The van der Waals surface area contributed by atoms with Gasteiger partial charge in [-0.15, -0.1) is 11.3 Å². The highest BCUT2D eigenvalue weighted by Gasteiger charge is 2.38. The highest BCUT2D eigenvalue weighted by atomic mass is 32.1. The second kappa shape index (κ2) is 5.58. The Labute approximate surface area is 127 Å². The lowest BCUT2D eigenvalue weighted by atomic mass is 10.0. The number of thiazole rings is 1. The number of aromatic nitrogens is 1. The molecule has 0 unspecified atom stereocenters. The van der Waals surface area contributed by atoms with E-state index in [9.17, 15) is 9.90 Å². The first-order valence-electron chi connectivity index (χ1n) is 7.13. The van der Waals surface area contributed by atoms with E-state index in [1.165, 1.54) is 0 Å². The smallest absolute Gasteiger partial charge is 0.256 e. The molecule has 1 saturated carbocycles. The van der Waals surface area contributed by atoms with Crippen LogP contribution in [-0.2, 0) is 4.79 Å². The zero-order valence-corrected chi connectivity index (χ0v) is 12.7. The molecule has 1 aromatic carbocycles. The molecule has 0 atom stereocenters. The van der Waals surface area contributed by atoms with Crippen LogP contribution < -0.4 is 5.32 Å². The number of carbonyl (C=O) groups is 1. The van der Waals surface area contributed by atoms with E-state index in [4.69, 9.17) is 0 Å². The van der Waals surface area contributed by atoms with E-state index in [2.05, 4.69) is 10.3 Å². The van der Waals surface area contributed by atoms with Crippen molar-refractivity contribution >= 4 is 22.9 Å². The first kappa shape index (κ1) is 14.2. The molecule has 2 aromatic rings. The molecule has 1 amide bonds. The fourth-order valence-corrected chi connectivity index (χ4v) is 3.42. The summed E-state index contributed by atoms with van der Waals surface area (Å²) in [6, 6.07) is 7.57. The fourth-order valence-electron chi connectivity index (χ4n) is 2.62. The molecule has 110 valence electrons. The van der Waals surface area contributed by atoms with Crippen molar-refractivity contribution in [2.75, 3.05) is 5.32 Å². The van der Waals surface area contributed by atoms with Gasteiger partial charge >= 0.3 is 0 Å². The number of hydrogen-bond acceptors (Lipinski definition) is 4. The number of amides is 1. The van der Waals surface area contributed by atoms with E-state index in [1.807, 2.05) is 36.6 Å². The van der Waals surface area contributed by atoms with E-state index in [1.54, 1.807) is 11.3 Å². The summed E-state index contributed by atoms with van der Waals surface area (Å²) in [7, 11) is 0. The fraction of sp³-hybridized carbons (Fsp3) is 0.375. The third-order valence-corrected chi connectivity index (χ3v) is 4.87. The molecule has 0 radical (unpaired) electrons. The topological polar surface area (TPSA) is 62.2 Å². The van der Waals surface area contributed by atoms with E-state index in [0.717, 1.165) is 29.1 Å². The van der Waals surface area contributed by atoms with E-state index >= 15 is 0 Å². The lowest BCUT2D eigenvalue weighted by Gasteiger charge is -2.20. The third-order valence-electron chi connectivity index (χ3n) is 3.86. The summed E-state index contributed by atoms with van der Waals surface area (Å²) in [4.78, 5) is 16.6. The molecule has 0 saturated heterocycles. The standard InChI is InChI=1S/C16H18N2O2S/c1-11-10-21-14(17-11)12-4-6-13(7-5-12)18-15(19)16(20)8-2-3-9-16/h4-7,10,20H,2-3,8-9H2,1H3,(H,18,19). The van der Waals surface area contributed by atoms with Crippen molar-refractivity contribution in [3.8, 4) is 10.6 Å². The first-order valence-corrected chi connectivity index (χ1v) is 8.01. The minimum absolute atomic E-state index is 0.294. The molecule has 1 aromatic heterocycles. The van der Waals surface area contributed by atoms with Gasteiger partial charge < -0.3 is 10.4 Å². The minimum Gasteiger partial charge on any atom is -0.380 e. The van der Waals surface area contributed by atoms with Gasteiger partial charge in [0.15, 0.2) is 0 Å². The number of nitrogens with one attached hydrogen (secondary N) is 1. The summed E-state index contributed by atoms with van der Waals surface area (Å²) in [6.07, 6.45) is 2.92. The average Bonchev–Trinajstić information content (AvgIpc) is 3.09. The molecule has 1 heterocycles. The van der Waals surface area contributed by atoms with Gasteiger partial charge in [-0.1, -0.05) is 0 Å². The van der Waals surface area contributed by atoms with Crippen molar-refractivity contribution in [3.63, 3.8) is 0 Å². The van der Waals surface area contributed by atoms with Crippen molar-refractivity contribution in [3.05, 3.63) is 35.3 Å². The molecular formula is C16H18N2O2S. The molecule has 1 aliphatic carbocycles. The van der Waals surface area contributed by atoms with Crippen LogP contribution in [0.5, 0.6) is 0 Å². The Bertz CT molecular complexity index is 643. The quantitative estimate of drug-likeness (QED) is 0.914. The number of aliphatic hydroxyl groups is 1. The SMILES string of the molecule is Cc1csc(-c2ccc(NC(=O)C3(O)CCCC3)cc2)n1. The van der Waals surface area contributed by atoms with Gasteiger partial charge in [0.25, 0.3) is 5.91 Å². The van der Waals surface area contributed by atoms with Crippen LogP contribution in [0.2, 0.25) is 0 Å². The maximum Gasteiger partial charge on any atom is 0.256 e. The molecule has 1 fully saturated rings. The van der Waals surface area contributed by atoms with Gasteiger partial charge in [-0.3, -0.25) is 4.79 Å². The Balaban J connectivity index is 1.71. The Hall–Kier alpha value is -1.72. The lowest BCUT2D eigenvalue weighted by Crippen LogP contribution is -2.40. The summed E-state index contributed by atoms with van der Waals surface area (Å²) < 4.78 is 0. The molecule has 5 heteroatoms. The number of benzene rings is 1. The largest absolute Gasteiger partial charge is 0.380 e. The van der Waals surface area contributed by atoms with Crippen LogP contribution in [0.3, 0.4) is 0 Å². The summed E-state index contributed by atoms with van der Waals surface area (Å²) in [5.41, 5.74) is 1.56. The number of carbonyl (C=O) groups excluding carboxylic acids is 1. The molecule has 21 heavy (non-hydrogen) atoms. The van der Waals surface area contributed by atoms with Gasteiger partial charge in [-0.25, -0.2) is 4.98 Å². The van der Waals surface area contributed by atoms with Crippen LogP contribution in [0.1, 0.15) is 31.4 Å². The van der Waals surface area contributed by atoms with Crippen molar-refractivity contribution in [1.29, 1.82) is 0 Å². The van der Waals surface area contributed by atoms with Crippen molar-refractivity contribution in [1.82, 2.24) is 4.98 Å². The van der Waals surface area contributed by atoms with Gasteiger partial charge in [-0.2, -0.15) is 0 Å². The predicted molar refractivity (Wildman–Crippen MR) is 84.3 cm³/mol. The summed E-state index contributed by atoms with van der Waals surface area (Å²) in [5, 5.41) is 16.0. The number of hydrogen-bond donors (Lipinski definition) is 2. The van der Waals surface area contributed by atoms with Crippen molar-refractivity contribution < 1.29 is 9.90 Å². The zero-order chi connectivity index (χ0) is 14.9. The summed E-state index contributed by atoms with van der Waals surface area (Å²) in [6.45, 7) is 1.97. The normalized spacial score (nSPS) is 16.9. The van der Waals surface area contributed by atoms with Gasteiger partial charge in [0.1, 0.15) is 10.6 Å². The Morgan fingerprint density at radius 2 is 1.95 bits per heavy atom. The molecule has 0 aliphatic heterocycles. The van der Waals surface area contributed by atoms with Gasteiger partial charge in [0, 0.05) is 22.3 Å². The Morgan fingerprint density at radius 1 is 1.29 bits per heavy atom. The summed E-state index contributed by atoms with van der Waals surface area (Å²) >= 11 is 1.60. The first-order chi connectivity index (χ1) is 10.1. The predicted octanol–water partition coefficient (Wildman–Crippen LogP) is 3.36. The zero-order valence-electron chi connectivity index (χ0n) is 11.9. The second-order valence-electron chi connectivity index (χ2n) is 5.56. The maximum atomic E-state index is 12.1. The minimum atomic E-state index is -1.19. The van der Waals surface area contributed by atoms with Gasteiger partial charge in [0.2, 0.25) is 0 Å². The van der Waals surface area contributed by atoms with Gasteiger partial charge in [-0.05, 0) is 56.9 Å². The summed E-state index contributed by atoms with van der Waals surface area (Å²) in [5.74, 6) is -0.294. The van der Waals surface area contributed by atoms with Crippen LogP contribution in [0, 0.1) is 6.92 Å². The van der Waals surface area contributed by atoms with Crippen molar-refractivity contribution in [2.24, 2.45) is 0 Å². The molecule has 0 bridgehead atoms. The molecule has 4 nitrogen and oxygen atoms in total. The van der Waals surface area contributed by atoms with Crippen LogP contribution in [0.4, 0.5) is 5.69 Å². The van der Waals surface area contributed by atoms with Crippen LogP contribution >= 0.6 is 11.3 Å². The highest BCUT2D eigenvalue weighted by Crippen LogP contribution is 2.31. The highest BCUT2D eigenvalue weighted by molar-refractivity contribution is 7.13. The second-order valence-corrected chi connectivity index (χ2v) is 6.42. The number of aryl methyl sites for hydroxylation is 1. The van der Waals surface area contributed by atoms with Crippen LogP contribution in [-0.4, -0.2) is 21.6 Å². The van der Waals surface area contributed by atoms with Crippen LogP contribution in [0.15, 0.2) is 29.6 Å². The Kier molecular flexibility index (Phi) is 3.78. The number of nitrogens with zero attached hydrogens (tertiary/aromatic N) is 1. The molecule has 2 N–H and O–H groups in total. The molecule has 0 spiro atoms. The monoisotopic (exact) mass is 302 g/mol. The van der Waals surface area contributed by atoms with E-state index in [-0.39, 0.29) is 5.91 Å². The molecule has 3 rings (SSSR count). The van der Waals surface area contributed by atoms with E-state index in [0.29, 0.717) is 18.5 Å². The van der Waals surface area contributed by atoms with Crippen LogP contribution in [0.25, 0.3) is 10.6 Å². The van der Waals surface area contributed by atoms with E-state index < -0.39 is 5.60 Å². The maximum absolute atomic E-state index is 12.1. The Morgan fingerprint density at radius 3 is 2.52 bits per heavy atom. The third kappa shape index (κ3) is 2.99.